The molecule has 220 valence electrons. The molecule has 0 aliphatic heterocycles. The van der Waals surface area contributed by atoms with Gasteiger partial charge in [-0.1, -0.05) is 67.0 Å². The molecule has 4 atom stereocenters. The van der Waals surface area contributed by atoms with Crippen molar-refractivity contribution in [3.8, 4) is 5.75 Å². The number of rotatable bonds is 15. The number of methoxy groups -OCH3 is 1. The summed E-state index contributed by atoms with van der Waals surface area (Å²) in [6.45, 7) is 17.1. The van der Waals surface area contributed by atoms with Gasteiger partial charge in [0, 0.05) is 24.1 Å². The molecule has 0 aromatic heterocycles. The van der Waals surface area contributed by atoms with Crippen molar-refractivity contribution >= 4 is 24.3 Å². The van der Waals surface area contributed by atoms with Crippen molar-refractivity contribution in [3.63, 3.8) is 0 Å². The van der Waals surface area contributed by atoms with Crippen LogP contribution >= 0.6 is 12.4 Å². The molecule has 0 bridgehead atoms. The van der Waals surface area contributed by atoms with Crippen molar-refractivity contribution in [1.29, 1.82) is 0 Å². The first-order chi connectivity index (χ1) is 17.3. The highest BCUT2D eigenvalue weighted by molar-refractivity contribution is 5.95. The van der Waals surface area contributed by atoms with Gasteiger partial charge in [-0.05, 0) is 55.4 Å². The molecular weight excluding hydrogens is 504 g/mol. The van der Waals surface area contributed by atoms with Crippen LogP contribution in [-0.2, 0) is 21.4 Å². The second-order valence-corrected chi connectivity index (χ2v) is 11.6. The lowest BCUT2D eigenvalue weighted by Crippen LogP contribution is -2.41. The molecule has 7 nitrogen and oxygen atoms in total. The Kier molecular flexibility index (Phi) is 16.2. The molecule has 0 aliphatic carbocycles. The number of aliphatic hydroxyl groups is 1. The number of carbonyl (C=O) groups excluding carboxylic acids is 2. The van der Waals surface area contributed by atoms with Gasteiger partial charge in [0.2, 0.25) is 5.91 Å². The quantitative estimate of drug-likeness (QED) is 0.196. The van der Waals surface area contributed by atoms with E-state index < -0.39 is 18.1 Å². The summed E-state index contributed by atoms with van der Waals surface area (Å²) in [7, 11) is 1.59. The first-order valence-electron chi connectivity index (χ1n) is 13.9. The van der Waals surface area contributed by atoms with Crippen molar-refractivity contribution in [2.75, 3.05) is 20.3 Å². The van der Waals surface area contributed by atoms with Gasteiger partial charge in [0.1, 0.15) is 11.3 Å². The Bertz CT molecular complexity index is 869. The largest absolute Gasteiger partial charge is 0.496 e. The molecule has 1 rings (SSSR count). The second-order valence-electron chi connectivity index (χ2n) is 11.6. The van der Waals surface area contributed by atoms with Crippen LogP contribution in [0.5, 0.6) is 5.75 Å². The summed E-state index contributed by atoms with van der Waals surface area (Å²) in [6, 6.07) is 3.54. The van der Waals surface area contributed by atoms with Crippen molar-refractivity contribution in [3.05, 3.63) is 28.8 Å². The highest BCUT2D eigenvalue weighted by Crippen LogP contribution is 2.38. The van der Waals surface area contributed by atoms with E-state index in [-0.39, 0.29) is 48.1 Å². The fourth-order valence-electron chi connectivity index (χ4n) is 4.61. The lowest BCUT2D eigenvalue weighted by atomic mass is 9.79. The Labute approximate surface area is 237 Å². The van der Waals surface area contributed by atoms with Gasteiger partial charge >= 0.3 is 5.97 Å². The maximum Gasteiger partial charge on any atom is 0.342 e. The normalized spacial score (nSPS) is 14.7. The molecule has 0 radical (unpaired) electrons. The number of nitrogens with one attached hydrogen (secondary N) is 1. The number of halogens is 1. The molecule has 0 saturated heterocycles. The SMILES string of the molecule is CCCCNC(=O)C(C)C[C@H](O)[C@@H](N)C[C@H](Cc1ccc(C(C)(C)C)c(OC)c1C(=O)OCC)C(C)C.Cl. The number of hydrogen-bond acceptors (Lipinski definition) is 6. The second kappa shape index (κ2) is 17.0. The summed E-state index contributed by atoms with van der Waals surface area (Å²) in [5.74, 6) is 0.159. The minimum Gasteiger partial charge on any atom is -0.496 e. The molecule has 0 heterocycles. The van der Waals surface area contributed by atoms with Crippen LogP contribution in [0.1, 0.15) is 103 Å². The highest BCUT2D eigenvalue weighted by Gasteiger charge is 2.30. The van der Waals surface area contributed by atoms with Crippen LogP contribution in [0.2, 0.25) is 0 Å². The summed E-state index contributed by atoms with van der Waals surface area (Å²) in [5.41, 5.74) is 8.52. The van der Waals surface area contributed by atoms with Crippen LogP contribution < -0.4 is 15.8 Å². The Morgan fingerprint density at radius 2 is 1.74 bits per heavy atom. The predicted octanol–water partition coefficient (Wildman–Crippen LogP) is 5.43. The van der Waals surface area contributed by atoms with E-state index in [0.717, 1.165) is 24.0 Å². The van der Waals surface area contributed by atoms with Gasteiger partial charge in [0.15, 0.2) is 0 Å². The summed E-state index contributed by atoms with van der Waals surface area (Å²) in [4.78, 5) is 25.4. The number of amides is 1. The van der Waals surface area contributed by atoms with Gasteiger partial charge in [0.25, 0.3) is 0 Å². The summed E-state index contributed by atoms with van der Waals surface area (Å²) in [6.07, 6.45) is 2.63. The molecule has 0 aliphatic rings. The number of ether oxygens (including phenoxy) is 2. The predicted molar refractivity (Wildman–Crippen MR) is 157 cm³/mol. The summed E-state index contributed by atoms with van der Waals surface area (Å²) < 4.78 is 11.2. The minimum atomic E-state index is -0.796. The average Bonchev–Trinajstić information content (AvgIpc) is 2.82. The number of carbonyl (C=O) groups is 2. The Balaban J connectivity index is 0.0000137. The van der Waals surface area contributed by atoms with Gasteiger partial charge < -0.3 is 25.6 Å². The maximum absolute atomic E-state index is 13.1. The molecule has 1 unspecified atom stereocenters. The zero-order valence-corrected chi connectivity index (χ0v) is 25.9. The fraction of sp³-hybridized carbons (Fsp3) is 0.733. The van der Waals surface area contributed by atoms with Crippen LogP contribution in [0.4, 0.5) is 0 Å². The number of hydrogen-bond donors (Lipinski definition) is 3. The Morgan fingerprint density at radius 3 is 2.24 bits per heavy atom. The molecule has 0 spiro atoms. The summed E-state index contributed by atoms with van der Waals surface area (Å²) >= 11 is 0. The first-order valence-corrected chi connectivity index (χ1v) is 13.9. The third-order valence-corrected chi connectivity index (χ3v) is 7.10. The van der Waals surface area contributed by atoms with E-state index in [1.807, 2.05) is 19.1 Å². The fourth-order valence-corrected chi connectivity index (χ4v) is 4.61. The molecule has 1 aromatic rings. The zero-order valence-electron chi connectivity index (χ0n) is 25.1. The smallest absolute Gasteiger partial charge is 0.342 e. The number of nitrogens with two attached hydrogens (primary N) is 1. The number of unbranched alkanes of at least 4 members (excludes halogenated alkanes) is 1. The van der Waals surface area contributed by atoms with E-state index in [4.69, 9.17) is 15.2 Å². The average molecular weight is 557 g/mol. The van der Waals surface area contributed by atoms with E-state index in [9.17, 15) is 14.7 Å². The van der Waals surface area contributed by atoms with E-state index in [1.165, 1.54) is 0 Å². The van der Waals surface area contributed by atoms with Gasteiger partial charge in [0.05, 0.1) is 19.8 Å². The number of esters is 1. The number of benzene rings is 1. The lowest BCUT2D eigenvalue weighted by Gasteiger charge is -2.30. The van der Waals surface area contributed by atoms with Crippen molar-refractivity contribution in [2.24, 2.45) is 23.5 Å². The van der Waals surface area contributed by atoms with Crippen LogP contribution in [-0.4, -0.2) is 49.4 Å². The van der Waals surface area contributed by atoms with E-state index in [0.29, 0.717) is 37.1 Å². The third kappa shape index (κ3) is 10.7. The lowest BCUT2D eigenvalue weighted by molar-refractivity contribution is -0.125. The molecule has 4 N–H and O–H groups in total. The zero-order chi connectivity index (χ0) is 28.3. The minimum absolute atomic E-state index is 0. The molecular formula is C30H53ClN2O5. The highest BCUT2D eigenvalue weighted by atomic mass is 35.5. The topological polar surface area (TPSA) is 111 Å². The van der Waals surface area contributed by atoms with Crippen LogP contribution in [0.3, 0.4) is 0 Å². The van der Waals surface area contributed by atoms with Crippen LogP contribution in [0.25, 0.3) is 0 Å². The molecule has 8 heteroatoms. The third-order valence-electron chi connectivity index (χ3n) is 7.10. The van der Waals surface area contributed by atoms with Crippen molar-refractivity contribution in [1.82, 2.24) is 5.32 Å². The van der Waals surface area contributed by atoms with E-state index in [2.05, 4.69) is 46.9 Å². The summed E-state index contributed by atoms with van der Waals surface area (Å²) in [5, 5.41) is 13.8. The standard InChI is InChI=1S/C30H52N2O5.ClH/c1-10-12-15-32-28(34)20(5)16-25(33)24(31)18-22(19(3)4)17-21-13-14-23(30(6,7)8)27(36-9)26(21)29(35)37-11-2;/h13-14,19-20,22,24-25,33H,10-12,15-18,31H2,1-9H3,(H,32,34);1H/t20?,22-,24-,25-;/m0./s1. The molecule has 0 saturated carbocycles. The van der Waals surface area contributed by atoms with Gasteiger partial charge in [-0.3, -0.25) is 4.79 Å². The van der Waals surface area contributed by atoms with Gasteiger partial charge in [-0.2, -0.15) is 0 Å². The molecule has 1 amide bonds. The van der Waals surface area contributed by atoms with Crippen molar-refractivity contribution in [2.45, 2.75) is 105 Å². The Morgan fingerprint density at radius 1 is 1.11 bits per heavy atom. The molecule has 1 aromatic carbocycles. The maximum atomic E-state index is 13.1. The monoisotopic (exact) mass is 556 g/mol. The van der Waals surface area contributed by atoms with Crippen molar-refractivity contribution < 1.29 is 24.2 Å². The van der Waals surface area contributed by atoms with Crippen LogP contribution in [0, 0.1) is 17.8 Å². The van der Waals surface area contributed by atoms with E-state index in [1.54, 1.807) is 14.0 Å². The van der Waals surface area contributed by atoms with Crippen LogP contribution in [0.15, 0.2) is 12.1 Å². The van der Waals surface area contributed by atoms with Gasteiger partial charge in [-0.15, -0.1) is 12.4 Å². The van der Waals surface area contributed by atoms with E-state index >= 15 is 0 Å². The first kappa shape index (κ1) is 36.2. The molecule has 38 heavy (non-hydrogen) atoms. The van der Waals surface area contributed by atoms with Gasteiger partial charge in [-0.25, -0.2) is 4.79 Å². The molecule has 0 fully saturated rings. The Hall–Kier alpha value is -1.83. The number of aliphatic hydroxyl groups excluding tert-OH is 1.